The standard InChI is InChI=1S/C24H44O7S/c1-3-5-6-7-8-9-10-11-12-13-14-15-16-17-18-20-30-23(25)21-22(32(27,28)29)24(26)31-19-4-2/h4,22H,2-3,5-21H2,1H3,(H,27,28,29). The molecule has 0 bridgehead atoms. The summed E-state index contributed by atoms with van der Waals surface area (Å²) in [4.78, 5) is 23.5. The summed E-state index contributed by atoms with van der Waals surface area (Å²) >= 11 is 0. The number of rotatable bonds is 22. The number of unbranched alkanes of at least 4 members (excludes halogenated alkanes) is 14. The maximum Gasteiger partial charge on any atom is 0.327 e. The Balaban J connectivity index is 3.66. The minimum Gasteiger partial charge on any atom is -0.466 e. The second-order valence-corrected chi connectivity index (χ2v) is 9.90. The van der Waals surface area contributed by atoms with Gasteiger partial charge in [-0.1, -0.05) is 109 Å². The van der Waals surface area contributed by atoms with E-state index in [4.69, 9.17) is 9.29 Å². The molecule has 0 amide bonds. The molecule has 0 saturated heterocycles. The maximum atomic E-state index is 11.8. The van der Waals surface area contributed by atoms with Crippen molar-refractivity contribution in [1.82, 2.24) is 0 Å². The molecule has 0 aliphatic carbocycles. The second kappa shape index (κ2) is 20.2. The molecule has 0 aliphatic heterocycles. The zero-order valence-electron chi connectivity index (χ0n) is 19.9. The van der Waals surface area contributed by atoms with E-state index in [1.807, 2.05) is 0 Å². The second-order valence-electron chi connectivity index (χ2n) is 8.30. The number of carbonyl (C=O) groups excluding carboxylic acids is 2. The van der Waals surface area contributed by atoms with Gasteiger partial charge in [0.15, 0.2) is 5.25 Å². The van der Waals surface area contributed by atoms with Crippen molar-refractivity contribution in [3.05, 3.63) is 12.7 Å². The summed E-state index contributed by atoms with van der Waals surface area (Å²) < 4.78 is 41.4. The van der Waals surface area contributed by atoms with Gasteiger partial charge in [-0.25, -0.2) is 0 Å². The molecule has 32 heavy (non-hydrogen) atoms. The molecule has 0 radical (unpaired) electrons. The van der Waals surface area contributed by atoms with Gasteiger partial charge in [0.2, 0.25) is 0 Å². The lowest BCUT2D eigenvalue weighted by atomic mass is 10.0. The molecule has 0 spiro atoms. The van der Waals surface area contributed by atoms with Gasteiger partial charge in [0.1, 0.15) is 6.61 Å². The summed E-state index contributed by atoms with van der Waals surface area (Å²) in [5.74, 6) is -2.05. The fourth-order valence-electron chi connectivity index (χ4n) is 3.41. The number of hydrogen-bond acceptors (Lipinski definition) is 6. The van der Waals surface area contributed by atoms with E-state index in [1.165, 1.54) is 76.7 Å². The van der Waals surface area contributed by atoms with Crippen LogP contribution in [0.2, 0.25) is 0 Å². The Morgan fingerprint density at radius 1 is 0.812 bits per heavy atom. The van der Waals surface area contributed by atoms with Crippen LogP contribution in [0.25, 0.3) is 0 Å². The molecule has 0 heterocycles. The molecule has 0 aromatic rings. The van der Waals surface area contributed by atoms with E-state index in [1.54, 1.807) is 0 Å². The van der Waals surface area contributed by atoms with Crippen molar-refractivity contribution in [1.29, 1.82) is 0 Å². The highest BCUT2D eigenvalue weighted by atomic mass is 32.2. The Kier molecular flexibility index (Phi) is 19.3. The molecular formula is C24H44O7S. The highest BCUT2D eigenvalue weighted by Gasteiger charge is 2.35. The van der Waals surface area contributed by atoms with Crippen molar-refractivity contribution < 1.29 is 32.0 Å². The minimum absolute atomic E-state index is 0.164. The van der Waals surface area contributed by atoms with Crippen LogP contribution in [0.5, 0.6) is 0 Å². The first-order chi connectivity index (χ1) is 15.3. The average Bonchev–Trinajstić information content (AvgIpc) is 2.74. The quantitative estimate of drug-likeness (QED) is 0.0913. The average molecular weight is 477 g/mol. The van der Waals surface area contributed by atoms with E-state index < -0.39 is 33.7 Å². The predicted molar refractivity (Wildman–Crippen MR) is 127 cm³/mol. The summed E-state index contributed by atoms with van der Waals surface area (Å²) in [5, 5.41) is -1.98. The van der Waals surface area contributed by atoms with Gasteiger partial charge in [-0.3, -0.25) is 14.1 Å². The summed E-state index contributed by atoms with van der Waals surface area (Å²) in [6, 6.07) is 0. The molecule has 7 nitrogen and oxygen atoms in total. The zero-order chi connectivity index (χ0) is 24.1. The van der Waals surface area contributed by atoms with Crippen molar-refractivity contribution in [2.45, 2.75) is 115 Å². The maximum absolute atomic E-state index is 11.8. The topological polar surface area (TPSA) is 107 Å². The lowest BCUT2D eigenvalue weighted by molar-refractivity contribution is -0.149. The summed E-state index contributed by atoms with van der Waals surface area (Å²) in [7, 11) is -4.76. The Labute approximate surface area is 195 Å². The molecule has 0 aliphatic rings. The number of esters is 2. The molecule has 1 unspecified atom stereocenters. The number of ether oxygens (including phenoxy) is 2. The highest BCUT2D eigenvalue weighted by molar-refractivity contribution is 7.87. The molecule has 188 valence electrons. The zero-order valence-corrected chi connectivity index (χ0v) is 20.7. The van der Waals surface area contributed by atoms with Crippen LogP contribution in [-0.4, -0.2) is 43.4 Å². The fourth-order valence-corrected chi connectivity index (χ4v) is 4.07. The molecule has 1 atom stereocenters. The molecule has 0 saturated carbocycles. The lowest BCUT2D eigenvalue weighted by Gasteiger charge is -2.12. The van der Waals surface area contributed by atoms with E-state index in [2.05, 4.69) is 18.2 Å². The third kappa shape index (κ3) is 18.2. The number of hydrogen-bond donors (Lipinski definition) is 1. The van der Waals surface area contributed by atoms with Crippen molar-refractivity contribution in [2.24, 2.45) is 0 Å². The molecule has 0 aromatic heterocycles. The van der Waals surface area contributed by atoms with Crippen molar-refractivity contribution in [3.8, 4) is 0 Å². The summed E-state index contributed by atoms with van der Waals surface area (Å²) in [6.07, 6.45) is 19.0. The molecule has 0 rings (SSSR count). The van der Waals surface area contributed by atoms with Crippen LogP contribution in [0.15, 0.2) is 12.7 Å². The smallest absolute Gasteiger partial charge is 0.327 e. The van der Waals surface area contributed by atoms with Gasteiger partial charge in [-0.15, -0.1) is 0 Å². The van der Waals surface area contributed by atoms with Crippen molar-refractivity contribution in [2.75, 3.05) is 13.2 Å². The molecule has 8 heteroatoms. The molecule has 0 aromatic carbocycles. The highest BCUT2D eigenvalue weighted by Crippen LogP contribution is 2.14. The van der Waals surface area contributed by atoms with Gasteiger partial charge in [0, 0.05) is 0 Å². The first kappa shape index (κ1) is 30.6. The van der Waals surface area contributed by atoms with E-state index in [-0.39, 0.29) is 13.2 Å². The van der Waals surface area contributed by atoms with E-state index >= 15 is 0 Å². The Morgan fingerprint density at radius 3 is 1.66 bits per heavy atom. The third-order valence-corrected chi connectivity index (χ3v) is 6.41. The van der Waals surface area contributed by atoms with Gasteiger partial charge in [0.05, 0.1) is 13.0 Å². The molecule has 0 fully saturated rings. The SMILES string of the molecule is C=CCOC(=O)C(CC(=O)OCCCCCCCCCCCCCCCCC)S(=O)(=O)O. The monoisotopic (exact) mass is 476 g/mol. The van der Waals surface area contributed by atoms with Crippen LogP contribution < -0.4 is 0 Å². The molecular weight excluding hydrogens is 432 g/mol. The van der Waals surface area contributed by atoms with Crippen molar-refractivity contribution in [3.63, 3.8) is 0 Å². The summed E-state index contributed by atoms with van der Waals surface area (Å²) in [6.45, 7) is 5.54. The van der Waals surface area contributed by atoms with Crippen LogP contribution in [0.4, 0.5) is 0 Å². The fraction of sp³-hybridized carbons (Fsp3) is 0.833. The van der Waals surface area contributed by atoms with Gasteiger partial charge in [-0.2, -0.15) is 8.42 Å². The van der Waals surface area contributed by atoms with Crippen molar-refractivity contribution >= 4 is 22.1 Å². The van der Waals surface area contributed by atoms with Crippen LogP contribution in [0, 0.1) is 0 Å². The molecule has 1 N–H and O–H groups in total. The first-order valence-corrected chi connectivity index (χ1v) is 13.7. The van der Waals surface area contributed by atoms with Crippen LogP contribution in [-0.2, 0) is 29.2 Å². The normalized spacial score (nSPS) is 12.3. The van der Waals surface area contributed by atoms with Gasteiger partial charge in [-0.05, 0) is 6.42 Å². The first-order valence-electron chi connectivity index (χ1n) is 12.2. The third-order valence-electron chi connectivity index (χ3n) is 5.33. The largest absolute Gasteiger partial charge is 0.466 e. The Bertz CT molecular complexity index is 601. The number of carbonyl (C=O) groups is 2. The minimum atomic E-state index is -4.76. The van der Waals surface area contributed by atoms with Crippen LogP contribution in [0.3, 0.4) is 0 Å². The van der Waals surface area contributed by atoms with Gasteiger partial charge in [0.25, 0.3) is 10.1 Å². The van der Waals surface area contributed by atoms with E-state index in [9.17, 15) is 18.0 Å². The van der Waals surface area contributed by atoms with E-state index in [0.29, 0.717) is 6.42 Å². The van der Waals surface area contributed by atoms with Gasteiger partial charge < -0.3 is 9.47 Å². The van der Waals surface area contributed by atoms with Gasteiger partial charge >= 0.3 is 11.9 Å². The van der Waals surface area contributed by atoms with Crippen LogP contribution in [0.1, 0.15) is 110 Å². The summed E-state index contributed by atoms with van der Waals surface area (Å²) in [5.41, 5.74) is 0. The van der Waals surface area contributed by atoms with E-state index in [0.717, 1.165) is 19.3 Å². The lowest BCUT2D eigenvalue weighted by Crippen LogP contribution is -2.34. The Hall–Kier alpha value is -1.41. The van der Waals surface area contributed by atoms with Crippen LogP contribution >= 0.6 is 0 Å². The Morgan fingerprint density at radius 2 is 1.25 bits per heavy atom. The predicted octanol–water partition coefficient (Wildman–Crippen LogP) is 5.78.